The van der Waals surface area contributed by atoms with Crippen molar-refractivity contribution in [1.29, 1.82) is 0 Å². The predicted octanol–water partition coefficient (Wildman–Crippen LogP) is 6.95. The van der Waals surface area contributed by atoms with Crippen LogP contribution in [-0.4, -0.2) is 25.6 Å². The highest BCUT2D eigenvalue weighted by molar-refractivity contribution is 6.74. The van der Waals surface area contributed by atoms with Gasteiger partial charge in [0, 0.05) is 6.10 Å². The molecule has 29 heavy (non-hydrogen) atoms. The molecule has 0 aromatic carbocycles. The van der Waals surface area contributed by atoms with Crippen LogP contribution in [0.15, 0.2) is 11.6 Å². The molecule has 0 saturated heterocycles. The molecule has 0 aromatic rings. The molecular formula is C26H46O2Si. The number of aliphatic hydroxyl groups excluding tert-OH is 1. The third-order valence-corrected chi connectivity index (χ3v) is 15.1. The molecule has 0 aliphatic heterocycles. The number of fused-ring (bicyclic) bond motifs is 5. The maximum absolute atomic E-state index is 10.8. The van der Waals surface area contributed by atoms with Crippen molar-refractivity contribution in [3.8, 4) is 0 Å². The van der Waals surface area contributed by atoms with Crippen LogP contribution in [0.1, 0.15) is 86.5 Å². The van der Waals surface area contributed by atoms with Crippen molar-refractivity contribution >= 4 is 8.32 Å². The van der Waals surface area contributed by atoms with E-state index in [4.69, 9.17) is 4.43 Å². The first-order chi connectivity index (χ1) is 13.3. The summed E-state index contributed by atoms with van der Waals surface area (Å²) in [6.45, 7) is 19.4. The average Bonchev–Trinajstić information content (AvgIpc) is 2.88. The molecule has 0 amide bonds. The van der Waals surface area contributed by atoms with Crippen LogP contribution in [0, 0.1) is 34.5 Å². The van der Waals surface area contributed by atoms with Gasteiger partial charge in [0.15, 0.2) is 8.32 Å². The highest BCUT2D eigenvalue weighted by Crippen LogP contribution is 2.66. The van der Waals surface area contributed by atoms with Gasteiger partial charge in [0.05, 0.1) is 6.10 Å². The standard InChI is InChI=1S/C26H46O2Si/c1-17-16-26(6)21(11-12-22(26)27)20-10-9-18-15-19(13-14-25(18,5)23(17)20)28-29(7,8)24(2,3)4/h9,17,19-23,27H,10-16H2,1-8H3/t17-,19+,20+,21+,22+,23+,25+,26+/m1/s1. The summed E-state index contributed by atoms with van der Waals surface area (Å²) in [6.07, 6.45) is 11.3. The number of hydrogen-bond donors (Lipinski definition) is 1. The van der Waals surface area contributed by atoms with Crippen LogP contribution < -0.4 is 0 Å². The van der Waals surface area contributed by atoms with E-state index in [-0.39, 0.29) is 16.6 Å². The van der Waals surface area contributed by atoms with Gasteiger partial charge in [-0.05, 0) is 97.6 Å². The third kappa shape index (κ3) is 3.33. The van der Waals surface area contributed by atoms with Crippen molar-refractivity contribution < 1.29 is 9.53 Å². The SMILES string of the molecule is C[C@@H]1C[C@]2(C)[C@@H](O)CC[C@H]2[C@@H]2CC=C3C[C@@H](O[Si](C)(C)C(C)(C)C)CC[C@]3(C)[C@H]21. The molecule has 0 radical (unpaired) electrons. The third-order valence-electron chi connectivity index (χ3n) is 10.5. The van der Waals surface area contributed by atoms with Crippen molar-refractivity contribution in [3.05, 3.63) is 11.6 Å². The fourth-order valence-electron chi connectivity index (χ4n) is 8.01. The smallest absolute Gasteiger partial charge is 0.192 e. The van der Waals surface area contributed by atoms with E-state index in [0.29, 0.717) is 17.4 Å². The predicted molar refractivity (Wildman–Crippen MR) is 124 cm³/mol. The minimum Gasteiger partial charge on any atom is -0.414 e. The molecule has 1 N–H and O–H groups in total. The van der Waals surface area contributed by atoms with Crippen LogP contribution in [0.25, 0.3) is 0 Å². The van der Waals surface area contributed by atoms with Crippen LogP contribution in [0.2, 0.25) is 18.1 Å². The maximum Gasteiger partial charge on any atom is 0.192 e. The van der Waals surface area contributed by atoms with Gasteiger partial charge in [-0.25, -0.2) is 0 Å². The average molecular weight is 419 g/mol. The zero-order valence-corrected chi connectivity index (χ0v) is 21.3. The molecule has 3 fully saturated rings. The molecule has 4 aliphatic carbocycles. The lowest BCUT2D eigenvalue weighted by atomic mass is 9.45. The van der Waals surface area contributed by atoms with E-state index in [1.165, 1.54) is 32.1 Å². The molecule has 3 saturated carbocycles. The van der Waals surface area contributed by atoms with Gasteiger partial charge in [0.25, 0.3) is 0 Å². The van der Waals surface area contributed by atoms with Gasteiger partial charge in [0.1, 0.15) is 0 Å². The molecule has 0 bridgehead atoms. The van der Waals surface area contributed by atoms with Crippen LogP contribution in [0.3, 0.4) is 0 Å². The van der Waals surface area contributed by atoms with E-state index < -0.39 is 8.32 Å². The van der Waals surface area contributed by atoms with Gasteiger partial charge >= 0.3 is 0 Å². The Labute approximate surface area is 181 Å². The Morgan fingerprint density at radius 2 is 1.83 bits per heavy atom. The number of rotatable bonds is 2. The van der Waals surface area contributed by atoms with E-state index in [1.54, 1.807) is 5.57 Å². The van der Waals surface area contributed by atoms with E-state index in [9.17, 15) is 5.11 Å². The molecular weight excluding hydrogens is 372 g/mol. The minimum atomic E-state index is -1.71. The van der Waals surface area contributed by atoms with Crippen LogP contribution in [0.4, 0.5) is 0 Å². The maximum atomic E-state index is 10.8. The molecule has 4 aliphatic rings. The van der Waals surface area contributed by atoms with Gasteiger partial charge in [-0.3, -0.25) is 0 Å². The van der Waals surface area contributed by atoms with Crippen molar-refractivity contribution in [1.82, 2.24) is 0 Å². The second-order valence-corrected chi connectivity index (χ2v) is 18.0. The molecule has 0 spiro atoms. The molecule has 8 atom stereocenters. The Morgan fingerprint density at radius 1 is 1.14 bits per heavy atom. The summed E-state index contributed by atoms with van der Waals surface area (Å²) >= 11 is 0. The van der Waals surface area contributed by atoms with Crippen LogP contribution in [0.5, 0.6) is 0 Å². The normalized spacial score (nSPS) is 47.8. The van der Waals surface area contributed by atoms with Crippen molar-refractivity contribution in [2.75, 3.05) is 0 Å². The molecule has 0 aromatic heterocycles. The quantitative estimate of drug-likeness (QED) is 0.388. The first-order valence-corrected chi connectivity index (χ1v) is 15.3. The number of aliphatic hydroxyl groups is 1. The van der Waals surface area contributed by atoms with E-state index >= 15 is 0 Å². The minimum absolute atomic E-state index is 0.0807. The summed E-state index contributed by atoms with van der Waals surface area (Å²) in [4.78, 5) is 0. The van der Waals surface area contributed by atoms with Gasteiger partial charge in [-0.2, -0.15) is 0 Å². The Bertz CT molecular complexity index is 677. The van der Waals surface area contributed by atoms with E-state index in [0.717, 1.165) is 30.6 Å². The first-order valence-electron chi connectivity index (χ1n) is 12.3. The van der Waals surface area contributed by atoms with Crippen LogP contribution >= 0.6 is 0 Å². The van der Waals surface area contributed by atoms with E-state index in [2.05, 4.69) is 60.7 Å². The van der Waals surface area contributed by atoms with Crippen molar-refractivity contribution in [2.45, 2.75) is 117 Å². The Hall–Kier alpha value is -0.123. The van der Waals surface area contributed by atoms with Gasteiger partial charge in [0.2, 0.25) is 0 Å². The van der Waals surface area contributed by atoms with Crippen LogP contribution in [-0.2, 0) is 4.43 Å². The zero-order valence-electron chi connectivity index (χ0n) is 20.3. The lowest BCUT2D eigenvalue weighted by Gasteiger charge is -2.60. The lowest BCUT2D eigenvalue weighted by Crippen LogP contribution is -2.55. The summed E-state index contributed by atoms with van der Waals surface area (Å²) in [6, 6.07) is 0. The molecule has 166 valence electrons. The largest absolute Gasteiger partial charge is 0.414 e. The molecule has 4 rings (SSSR count). The summed E-state index contributed by atoms with van der Waals surface area (Å²) in [5.41, 5.74) is 2.22. The second-order valence-electron chi connectivity index (χ2n) is 13.2. The summed E-state index contributed by atoms with van der Waals surface area (Å²) in [7, 11) is -1.71. The number of allylic oxidation sites excluding steroid dienone is 1. The molecule has 2 nitrogen and oxygen atoms in total. The van der Waals surface area contributed by atoms with Gasteiger partial charge in [-0.1, -0.05) is 53.2 Å². The summed E-state index contributed by atoms with van der Waals surface area (Å²) in [5.74, 6) is 2.99. The van der Waals surface area contributed by atoms with Crippen molar-refractivity contribution in [3.63, 3.8) is 0 Å². The molecule has 3 heteroatoms. The van der Waals surface area contributed by atoms with E-state index in [1.807, 2.05) is 0 Å². The topological polar surface area (TPSA) is 29.5 Å². The zero-order chi connectivity index (χ0) is 21.4. The highest BCUT2D eigenvalue weighted by atomic mass is 28.4. The Balaban J connectivity index is 1.57. The lowest BCUT2D eigenvalue weighted by molar-refractivity contribution is -0.0993. The van der Waals surface area contributed by atoms with Crippen molar-refractivity contribution in [2.24, 2.45) is 34.5 Å². The second kappa shape index (κ2) is 6.94. The molecule has 0 unspecified atom stereocenters. The highest BCUT2D eigenvalue weighted by Gasteiger charge is 2.60. The summed E-state index contributed by atoms with van der Waals surface area (Å²) < 4.78 is 6.86. The fraction of sp³-hybridized carbons (Fsp3) is 0.923. The first kappa shape index (κ1) is 22.1. The molecule has 0 heterocycles. The van der Waals surface area contributed by atoms with Gasteiger partial charge in [-0.15, -0.1) is 0 Å². The Kier molecular flexibility index (Phi) is 5.28. The Morgan fingerprint density at radius 3 is 2.48 bits per heavy atom. The summed E-state index contributed by atoms with van der Waals surface area (Å²) in [5, 5.41) is 11.1. The monoisotopic (exact) mass is 418 g/mol. The number of hydrogen-bond acceptors (Lipinski definition) is 2. The fourth-order valence-corrected chi connectivity index (χ4v) is 9.40. The van der Waals surface area contributed by atoms with Gasteiger partial charge < -0.3 is 9.53 Å².